The van der Waals surface area contributed by atoms with E-state index in [0.29, 0.717) is 24.7 Å². The zero-order chi connectivity index (χ0) is 15.9. The van der Waals surface area contributed by atoms with Crippen molar-refractivity contribution in [2.75, 3.05) is 19.0 Å². The Kier molecular flexibility index (Phi) is 6.49. The Labute approximate surface area is 126 Å². The summed E-state index contributed by atoms with van der Waals surface area (Å²) in [5, 5.41) is 2.71. The minimum atomic E-state index is -0.532. The molecule has 5 heteroatoms. The van der Waals surface area contributed by atoms with Gasteiger partial charge in [0.25, 0.3) is 0 Å². The van der Waals surface area contributed by atoms with Crippen molar-refractivity contribution in [2.45, 2.75) is 46.3 Å². The van der Waals surface area contributed by atoms with Crippen LogP contribution in [-0.2, 0) is 16.1 Å². The Balaban J connectivity index is 2.76. The lowest BCUT2D eigenvalue weighted by molar-refractivity contribution is 0.0636. The largest absolute Gasteiger partial charge is 0.497 e. The first-order valence-electron chi connectivity index (χ1n) is 7.09. The fraction of sp³-hybridized carbons (Fsp3) is 0.562. The molecule has 0 aliphatic rings. The van der Waals surface area contributed by atoms with Crippen molar-refractivity contribution in [1.82, 2.24) is 0 Å². The first-order valence-corrected chi connectivity index (χ1v) is 7.09. The Bertz CT molecular complexity index is 466. The zero-order valence-electron chi connectivity index (χ0n) is 13.5. The van der Waals surface area contributed by atoms with E-state index >= 15 is 0 Å². The highest BCUT2D eigenvalue weighted by molar-refractivity contribution is 5.85. The average molecular weight is 295 g/mol. The van der Waals surface area contributed by atoms with Gasteiger partial charge in [0.15, 0.2) is 0 Å². The molecule has 1 aromatic rings. The molecule has 0 heterocycles. The number of rotatable bonds is 6. The van der Waals surface area contributed by atoms with E-state index in [1.165, 1.54) is 0 Å². The summed E-state index contributed by atoms with van der Waals surface area (Å²) in [4.78, 5) is 11.8. The number of hydrogen-bond acceptors (Lipinski definition) is 4. The van der Waals surface area contributed by atoms with Gasteiger partial charge >= 0.3 is 6.09 Å². The van der Waals surface area contributed by atoms with Gasteiger partial charge in [0.2, 0.25) is 0 Å². The minimum absolute atomic E-state index is 0.480. The minimum Gasteiger partial charge on any atom is -0.497 e. The molecule has 1 rings (SSSR count). The lowest BCUT2D eigenvalue weighted by Crippen LogP contribution is -2.27. The summed E-state index contributed by atoms with van der Waals surface area (Å²) in [7, 11) is 1.59. The van der Waals surface area contributed by atoms with Crippen LogP contribution in [0.1, 0.15) is 39.7 Å². The van der Waals surface area contributed by atoms with E-state index in [2.05, 4.69) is 12.2 Å². The molecule has 118 valence electrons. The molecule has 0 fully saturated rings. The van der Waals surface area contributed by atoms with Gasteiger partial charge in [-0.05, 0) is 44.9 Å². The highest BCUT2D eigenvalue weighted by Crippen LogP contribution is 2.22. The molecule has 0 aliphatic carbocycles. The maximum Gasteiger partial charge on any atom is 0.412 e. The molecule has 0 aromatic heterocycles. The molecule has 0 saturated carbocycles. The van der Waals surface area contributed by atoms with Gasteiger partial charge in [0.05, 0.1) is 13.7 Å². The van der Waals surface area contributed by atoms with Crippen LogP contribution in [-0.4, -0.2) is 25.4 Å². The first-order chi connectivity index (χ1) is 9.84. The summed E-state index contributed by atoms with van der Waals surface area (Å²) in [6.45, 7) is 8.70. The predicted octanol–water partition coefficient (Wildman–Crippen LogP) is 3.97. The molecule has 0 radical (unpaired) electrons. The molecule has 1 N–H and O–H groups in total. The highest BCUT2D eigenvalue weighted by atomic mass is 16.6. The third-order valence-electron chi connectivity index (χ3n) is 2.46. The van der Waals surface area contributed by atoms with E-state index in [-0.39, 0.29) is 0 Å². The quantitative estimate of drug-likeness (QED) is 0.807. The number of benzene rings is 1. The summed E-state index contributed by atoms with van der Waals surface area (Å²) < 4.78 is 16.0. The average Bonchev–Trinajstić information content (AvgIpc) is 2.36. The topological polar surface area (TPSA) is 56.8 Å². The van der Waals surface area contributed by atoms with Crippen molar-refractivity contribution >= 4 is 11.8 Å². The van der Waals surface area contributed by atoms with Crippen molar-refractivity contribution in [3.8, 4) is 5.75 Å². The second-order valence-corrected chi connectivity index (χ2v) is 5.75. The van der Waals surface area contributed by atoms with Crippen molar-refractivity contribution in [3.05, 3.63) is 23.8 Å². The molecule has 1 aromatic carbocycles. The van der Waals surface area contributed by atoms with E-state index < -0.39 is 11.7 Å². The molecule has 21 heavy (non-hydrogen) atoms. The second-order valence-electron chi connectivity index (χ2n) is 5.75. The maximum atomic E-state index is 11.8. The number of anilines is 1. The first kappa shape index (κ1) is 17.3. The van der Waals surface area contributed by atoms with Gasteiger partial charge < -0.3 is 14.2 Å². The van der Waals surface area contributed by atoms with Gasteiger partial charge in [0.1, 0.15) is 11.4 Å². The van der Waals surface area contributed by atoms with Gasteiger partial charge in [-0.25, -0.2) is 4.79 Å². The van der Waals surface area contributed by atoms with Gasteiger partial charge in [-0.3, -0.25) is 5.32 Å². The van der Waals surface area contributed by atoms with Crippen molar-refractivity contribution in [2.24, 2.45) is 0 Å². The maximum absolute atomic E-state index is 11.8. The van der Waals surface area contributed by atoms with Crippen molar-refractivity contribution in [3.63, 3.8) is 0 Å². The van der Waals surface area contributed by atoms with E-state index in [1.54, 1.807) is 13.2 Å². The predicted molar refractivity (Wildman–Crippen MR) is 82.8 cm³/mol. The molecule has 0 spiro atoms. The number of hydrogen-bond donors (Lipinski definition) is 1. The second kappa shape index (κ2) is 7.88. The fourth-order valence-corrected chi connectivity index (χ4v) is 1.69. The Morgan fingerprint density at radius 3 is 2.52 bits per heavy atom. The van der Waals surface area contributed by atoms with Crippen molar-refractivity contribution < 1.29 is 19.0 Å². The summed E-state index contributed by atoms with van der Waals surface area (Å²) >= 11 is 0. The highest BCUT2D eigenvalue weighted by Gasteiger charge is 2.16. The molecule has 0 saturated heterocycles. The van der Waals surface area contributed by atoms with Gasteiger partial charge in [-0.15, -0.1) is 0 Å². The van der Waals surface area contributed by atoms with E-state index in [0.717, 1.165) is 12.0 Å². The van der Waals surface area contributed by atoms with E-state index in [9.17, 15) is 4.79 Å². The number of ether oxygens (including phenoxy) is 3. The van der Waals surface area contributed by atoms with Crippen LogP contribution in [0.2, 0.25) is 0 Å². The smallest absolute Gasteiger partial charge is 0.412 e. The number of methoxy groups -OCH3 is 1. The number of amides is 1. The van der Waals surface area contributed by atoms with Crippen LogP contribution in [0.3, 0.4) is 0 Å². The molecular weight excluding hydrogens is 270 g/mol. The van der Waals surface area contributed by atoms with Gasteiger partial charge in [-0.2, -0.15) is 0 Å². The van der Waals surface area contributed by atoms with E-state index in [1.807, 2.05) is 32.9 Å². The molecule has 1 amide bonds. The normalized spacial score (nSPS) is 11.1. The summed E-state index contributed by atoms with van der Waals surface area (Å²) in [6.07, 6.45) is 0.476. The SMILES string of the molecule is CCCOCc1cc(NC(=O)OC(C)(C)C)cc(OC)c1. The van der Waals surface area contributed by atoms with Gasteiger partial charge in [0, 0.05) is 18.4 Å². The summed E-state index contributed by atoms with van der Waals surface area (Å²) in [5.74, 6) is 0.665. The van der Waals surface area contributed by atoms with Crippen LogP contribution in [0, 0.1) is 0 Å². The number of nitrogens with one attached hydrogen (secondary N) is 1. The molecular formula is C16H25NO4. The molecule has 0 bridgehead atoms. The fourth-order valence-electron chi connectivity index (χ4n) is 1.69. The van der Waals surface area contributed by atoms with Crippen LogP contribution in [0.4, 0.5) is 10.5 Å². The van der Waals surface area contributed by atoms with Crippen molar-refractivity contribution in [1.29, 1.82) is 0 Å². The lowest BCUT2D eigenvalue weighted by atomic mass is 10.2. The standard InChI is InChI=1S/C16H25NO4/c1-6-7-20-11-12-8-13(10-14(9-12)19-5)17-15(18)21-16(2,3)4/h8-10H,6-7,11H2,1-5H3,(H,17,18). The van der Waals surface area contributed by atoms with Crippen LogP contribution in [0.5, 0.6) is 5.75 Å². The summed E-state index contributed by atoms with van der Waals surface area (Å²) in [6, 6.07) is 5.48. The molecule has 0 atom stereocenters. The molecule has 5 nitrogen and oxygen atoms in total. The zero-order valence-corrected chi connectivity index (χ0v) is 13.5. The third-order valence-corrected chi connectivity index (χ3v) is 2.46. The van der Waals surface area contributed by atoms with Gasteiger partial charge in [-0.1, -0.05) is 6.92 Å². The third kappa shape index (κ3) is 6.99. The van der Waals surface area contributed by atoms with Crippen LogP contribution >= 0.6 is 0 Å². The van der Waals surface area contributed by atoms with E-state index in [4.69, 9.17) is 14.2 Å². The molecule has 0 unspecified atom stereocenters. The Morgan fingerprint density at radius 1 is 1.24 bits per heavy atom. The summed E-state index contributed by atoms with van der Waals surface area (Å²) in [5.41, 5.74) is 1.03. The number of carbonyl (C=O) groups excluding carboxylic acids is 1. The number of carbonyl (C=O) groups is 1. The van der Waals surface area contributed by atoms with Crippen LogP contribution < -0.4 is 10.1 Å². The lowest BCUT2D eigenvalue weighted by Gasteiger charge is -2.20. The molecule has 0 aliphatic heterocycles. The monoisotopic (exact) mass is 295 g/mol. The Morgan fingerprint density at radius 2 is 1.95 bits per heavy atom. The van der Waals surface area contributed by atoms with Crippen LogP contribution in [0.15, 0.2) is 18.2 Å². The van der Waals surface area contributed by atoms with Crippen LogP contribution in [0.25, 0.3) is 0 Å². The Hall–Kier alpha value is -1.75.